The number of hydrogen-bond acceptors (Lipinski definition) is 1. The average Bonchev–Trinajstić information content (AvgIpc) is 2.32. The number of aryl methyl sites for hydroxylation is 1. The molecule has 2 rings (SSSR count). The Kier molecular flexibility index (Phi) is 3.00. The van der Waals surface area contributed by atoms with E-state index < -0.39 is 11.6 Å². The van der Waals surface area contributed by atoms with Crippen molar-refractivity contribution in [3.8, 4) is 0 Å². The van der Waals surface area contributed by atoms with Crippen LogP contribution in [0.15, 0.2) is 42.5 Å². The molecule has 2 aromatic rings. The van der Waals surface area contributed by atoms with Crippen molar-refractivity contribution >= 4 is 5.78 Å². The smallest absolute Gasteiger partial charge is 0.193 e. The zero-order valence-electron chi connectivity index (χ0n) is 9.21. The summed E-state index contributed by atoms with van der Waals surface area (Å²) in [5, 5.41) is 0. The Balaban J connectivity index is 2.43. The normalized spacial score (nSPS) is 10.3. The van der Waals surface area contributed by atoms with Crippen LogP contribution in [0.25, 0.3) is 0 Å². The third-order valence-corrected chi connectivity index (χ3v) is 2.55. The van der Waals surface area contributed by atoms with Crippen LogP contribution in [0.1, 0.15) is 21.5 Å². The maximum absolute atomic E-state index is 13.1. The van der Waals surface area contributed by atoms with E-state index in [9.17, 15) is 13.6 Å². The summed E-state index contributed by atoms with van der Waals surface area (Å²) in [4.78, 5) is 12.0. The molecule has 0 spiro atoms. The lowest BCUT2D eigenvalue weighted by Crippen LogP contribution is -2.04. The minimum atomic E-state index is -0.457. The molecular formula is C14H10F2O. The highest BCUT2D eigenvalue weighted by molar-refractivity contribution is 6.09. The average molecular weight is 232 g/mol. The fourth-order valence-corrected chi connectivity index (χ4v) is 1.60. The second-order valence-corrected chi connectivity index (χ2v) is 3.80. The number of ketones is 1. The van der Waals surface area contributed by atoms with Crippen molar-refractivity contribution < 1.29 is 13.6 Å². The Labute approximate surface area is 97.7 Å². The summed E-state index contributed by atoms with van der Waals surface area (Å²) in [6.07, 6.45) is 0. The van der Waals surface area contributed by atoms with Crippen LogP contribution in [0.4, 0.5) is 8.78 Å². The predicted octanol–water partition coefficient (Wildman–Crippen LogP) is 3.50. The molecule has 0 N–H and O–H groups in total. The first-order chi connectivity index (χ1) is 8.08. The van der Waals surface area contributed by atoms with Crippen LogP contribution >= 0.6 is 0 Å². The van der Waals surface area contributed by atoms with Crippen molar-refractivity contribution in [3.05, 3.63) is 70.8 Å². The largest absolute Gasteiger partial charge is 0.289 e. The second kappa shape index (κ2) is 4.45. The fourth-order valence-electron chi connectivity index (χ4n) is 1.60. The van der Waals surface area contributed by atoms with E-state index in [0.717, 1.165) is 0 Å². The molecule has 3 heteroatoms. The van der Waals surface area contributed by atoms with Gasteiger partial charge in [0.15, 0.2) is 5.78 Å². The van der Waals surface area contributed by atoms with Gasteiger partial charge in [0.1, 0.15) is 11.6 Å². The highest BCUT2D eigenvalue weighted by atomic mass is 19.1. The summed E-state index contributed by atoms with van der Waals surface area (Å²) in [6, 6.07) is 9.25. The molecule has 0 aliphatic rings. The van der Waals surface area contributed by atoms with Crippen molar-refractivity contribution in [1.29, 1.82) is 0 Å². The quantitative estimate of drug-likeness (QED) is 0.724. The van der Waals surface area contributed by atoms with Gasteiger partial charge in [-0.3, -0.25) is 4.79 Å². The number of benzene rings is 2. The zero-order chi connectivity index (χ0) is 12.4. The summed E-state index contributed by atoms with van der Waals surface area (Å²) in [7, 11) is 0. The van der Waals surface area contributed by atoms with Gasteiger partial charge in [-0.15, -0.1) is 0 Å². The van der Waals surface area contributed by atoms with Crippen LogP contribution in [-0.4, -0.2) is 5.78 Å². The van der Waals surface area contributed by atoms with Crippen LogP contribution in [-0.2, 0) is 0 Å². The van der Waals surface area contributed by atoms with E-state index in [-0.39, 0.29) is 5.78 Å². The molecule has 0 aliphatic carbocycles. The highest BCUT2D eigenvalue weighted by Crippen LogP contribution is 2.15. The van der Waals surface area contributed by atoms with Crippen molar-refractivity contribution in [2.45, 2.75) is 6.92 Å². The maximum atomic E-state index is 13.1. The molecule has 1 nitrogen and oxygen atoms in total. The number of rotatable bonds is 2. The third-order valence-electron chi connectivity index (χ3n) is 2.55. The van der Waals surface area contributed by atoms with Crippen LogP contribution in [0.2, 0.25) is 0 Å². The number of carbonyl (C=O) groups excluding carboxylic acids is 1. The van der Waals surface area contributed by atoms with Gasteiger partial charge >= 0.3 is 0 Å². The van der Waals surface area contributed by atoms with Crippen LogP contribution in [0, 0.1) is 18.6 Å². The molecule has 0 aliphatic heterocycles. The third kappa shape index (κ3) is 2.38. The lowest BCUT2D eigenvalue weighted by atomic mass is 9.99. The Hall–Kier alpha value is -2.03. The van der Waals surface area contributed by atoms with E-state index in [0.29, 0.717) is 16.7 Å². The molecule has 17 heavy (non-hydrogen) atoms. The molecular weight excluding hydrogens is 222 g/mol. The lowest BCUT2D eigenvalue weighted by Gasteiger charge is -2.05. The molecule has 0 saturated carbocycles. The Morgan fingerprint density at radius 1 is 0.941 bits per heavy atom. The molecule has 0 radical (unpaired) electrons. The Morgan fingerprint density at radius 3 is 2.18 bits per heavy atom. The Bertz CT molecular complexity index is 559. The van der Waals surface area contributed by atoms with Gasteiger partial charge in [-0.25, -0.2) is 8.78 Å². The lowest BCUT2D eigenvalue weighted by molar-refractivity contribution is 0.103. The second-order valence-electron chi connectivity index (χ2n) is 3.80. The first-order valence-corrected chi connectivity index (χ1v) is 5.14. The van der Waals surface area contributed by atoms with E-state index in [1.807, 2.05) is 0 Å². The summed E-state index contributed by atoms with van der Waals surface area (Å²) in [5.41, 5.74) is 1.34. The first-order valence-electron chi connectivity index (χ1n) is 5.14. The first kappa shape index (κ1) is 11.5. The van der Waals surface area contributed by atoms with Gasteiger partial charge in [0.2, 0.25) is 0 Å². The summed E-state index contributed by atoms with van der Waals surface area (Å²) in [6.45, 7) is 1.73. The van der Waals surface area contributed by atoms with E-state index >= 15 is 0 Å². The predicted molar refractivity (Wildman–Crippen MR) is 61.0 cm³/mol. The molecule has 0 amide bonds. The van der Waals surface area contributed by atoms with E-state index in [1.165, 1.54) is 36.4 Å². The summed E-state index contributed by atoms with van der Waals surface area (Å²) in [5.74, 6) is -1.17. The van der Waals surface area contributed by atoms with Crippen molar-refractivity contribution in [2.24, 2.45) is 0 Å². The van der Waals surface area contributed by atoms with Gasteiger partial charge in [-0.2, -0.15) is 0 Å². The monoisotopic (exact) mass is 232 g/mol. The summed E-state index contributed by atoms with van der Waals surface area (Å²) >= 11 is 0. The molecule has 0 atom stereocenters. The summed E-state index contributed by atoms with van der Waals surface area (Å²) < 4.78 is 25.8. The van der Waals surface area contributed by atoms with Crippen molar-refractivity contribution in [2.75, 3.05) is 0 Å². The minimum absolute atomic E-state index is 0.302. The number of hydrogen-bond donors (Lipinski definition) is 0. The molecule has 0 fully saturated rings. The van der Waals surface area contributed by atoms with Gasteiger partial charge in [0.05, 0.1) is 0 Å². The zero-order valence-corrected chi connectivity index (χ0v) is 9.21. The van der Waals surface area contributed by atoms with Gasteiger partial charge < -0.3 is 0 Å². The van der Waals surface area contributed by atoms with Gasteiger partial charge in [-0.1, -0.05) is 6.07 Å². The van der Waals surface area contributed by atoms with Crippen molar-refractivity contribution in [1.82, 2.24) is 0 Å². The van der Waals surface area contributed by atoms with Gasteiger partial charge in [0.25, 0.3) is 0 Å². The molecule has 0 unspecified atom stereocenters. The van der Waals surface area contributed by atoms with Gasteiger partial charge in [-0.05, 0) is 48.9 Å². The number of halogens is 2. The van der Waals surface area contributed by atoms with E-state index in [1.54, 1.807) is 13.0 Å². The molecule has 0 aromatic heterocycles. The molecule has 0 heterocycles. The van der Waals surface area contributed by atoms with E-state index in [2.05, 4.69) is 0 Å². The molecule has 86 valence electrons. The molecule has 0 bridgehead atoms. The minimum Gasteiger partial charge on any atom is -0.289 e. The van der Waals surface area contributed by atoms with Crippen LogP contribution in [0.5, 0.6) is 0 Å². The highest BCUT2D eigenvalue weighted by Gasteiger charge is 2.12. The van der Waals surface area contributed by atoms with Gasteiger partial charge in [0, 0.05) is 11.1 Å². The molecule has 2 aromatic carbocycles. The SMILES string of the molecule is Cc1ccc(F)cc1C(=O)c1ccc(F)cc1. The van der Waals surface area contributed by atoms with Crippen LogP contribution in [0.3, 0.4) is 0 Å². The van der Waals surface area contributed by atoms with E-state index in [4.69, 9.17) is 0 Å². The van der Waals surface area contributed by atoms with Crippen LogP contribution < -0.4 is 0 Å². The van der Waals surface area contributed by atoms with Crippen molar-refractivity contribution in [3.63, 3.8) is 0 Å². The molecule has 0 saturated heterocycles. The number of carbonyl (C=O) groups is 1. The fraction of sp³-hybridized carbons (Fsp3) is 0.0714. The Morgan fingerprint density at radius 2 is 1.53 bits per heavy atom. The standard InChI is InChI=1S/C14H10F2O/c1-9-2-5-12(16)8-13(9)14(17)10-3-6-11(15)7-4-10/h2-8H,1H3. The maximum Gasteiger partial charge on any atom is 0.193 e. The topological polar surface area (TPSA) is 17.1 Å².